The Morgan fingerprint density at radius 2 is 1.59 bits per heavy atom. The summed E-state index contributed by atoms with van der Waals surface area (Å²) < 4.78 is 10.5. The lowest BCUT2D eigenvalue weighted by Crippen LogP contribution is -2.33. The van der Waals surface area contributed by atoms with Crippen molar-refractivity contribution in [3.63, 3.8) is 0 Å². The average Bonchev–Trinajstić information content (AvgIpc) is 2.84. The minimum absolute atomic E-state index is 0.241. The summed E-state index contributed by atoms with van der Waals surface area (Å²) in [6, 6.07) is 16.7. The van der Waals surface area contributed by atoms with Gasteiger partial charge < -0.3 is 19.7 Å². The maximum Gasteiger partial charge on any atom is 0.255 e. The van der Waals surface area contributed by atoms with Crippen LogP contribution < -0.4 is 19.7 Å². The van der Waals surface area contributed by atoms with Gasteiger partial charge in [-0.15, -0.1) is 10.2 Å². The third-order valence-electron chi connectivity index (χ3n) is 5.81. The Hall–Kier alpha value is -3.61. The summed E-state index contributed by atoms with van der Waals surface area (Å²) in [6.45, 7) is 4.36. The van der Waals surface area contributed by atoms with Crippen LogP contribution in [0.4, 0.5) is 11.5 Å². The molecule has 0 atom stereocenters. The highest BCUT2D eigenvalue weighted by Crippen LogP contribution is 2.25. The smallest absolute Gasteiger partial charge is 0.255 e. The van der Waals surface area contributed by atoms with Gasteiger partial charge in [0, 0.05) is 36.0 Å². The number of ether oxygens (including phenoxy) is 2. The van der Waals surface area contributed by atoms with Crippen LogP contribution in [0, 0.1) is 5.92 Å². The van der Waals surface area contributed by atoms with E-state index in [-0.39, 0.29) is 5.91 Å². The fraction of sp³-hybridized carbons (Fsp3) is 0.320. The molecule has 7 nitrogen and oxygen atoms in total. The lowest BCUT2D eigenvalue weighted by Gasteiger charge is -2.30. The second kappa shape index (κ2) is 9.68. The molecule has 1 aromatic heterocycles. The van der Waals surface area contributed by atoms with E-state index in [9.17, 15) is 4.79 Å². The molecule has 1 amide bonds. The number of aromatic nitrogens is 2. The number of piperidine rings is 1. The van der Waals surface area contributed by atoms with Gasteiger partial charge in [0.15, 0.2) is 5.82 Å². The average molecular weight is 433 g/mol. The molecule has 1 aliphatic rings. The van der Waals surface area contributed by atoms with Gasteiger partial charge in [-0.1, -0.05) is 19.1 Å². The van der Waals surface area contributed by atoms with E-state index in [1.165, 1.54) is 12.8 Å². The first-order valence-corrected chi connectivity index (χ1v) is 10.8. The molecule has 2 aromatic carbocycles. The molecular weight excluding hydrogens is 404 g/mol. The molecule has 1 N–H and O–H groups in total. The first-order valence-electron chi connectivity index (χ1n) is 10.8. The van der Waals surface area contributed by atoms with E-state index in [0.717, 1.165) is 36.1 Å². The molecule has 1 aliphatic heterocycles. The third-order valence-corrected chi connectivity index (χ3v) is 5.81. The van der Waals surface area contributed by atoms with E-state index < -0.39 is 0 Å². The Morgan fingerprint density at radius 1 is 0.938 bits per heavy atom. The van der Waals surface area contributed by atoms with Crippen molar-refractivity contribution in [1.29, 1.82) is 0 Å². The molecule has 1 fully saturated rings. The molecule has 0 bridgehead atoms. The highest BCUT2D eigenvalue weighted by molar-refractivity contribution is 6.04. The van der Waals surface area contributed by atoms with Crippen LogP contribution in [0.1, 0.15) is 30.1 Å². The first kappa shape index (κ1) is 21.6. The molecule has 0 radical (unpaired) electrons. The van der Waals surface area contributed by atoms with Gasteiger partial charge in [-0.3, -0.25) is 4.79 Å². The van der Waals surface area contributed by atoms with Gasteiger partial charge in [0.25, 0.3) is 5.91 Å². The number of carbonyl (C=O) groups is 1. The summed E-state index contributed by atoms with van der Waals surface area (Å²) in [5.41, 5.74) is 2.89. The number of nitrogens with zero attached hydrogens (tertiary/aromatic N) is 3. The van der Waals surface area contributed by atoms with Gasteiger partial charge in [0.1, 0.15) is 11.5 Å². The van der Waals surface area contributed by atoms with E-state index in [4.69, 9.17) is 9.47 Å². The van der Waals surface area contributed by atoms with Gasteiger partial charge in [0.05, 0.1) is 19.9 Å². The SMILES string of the molecule is COc1cc(OC)cc(C(=O)Nc2ccc(-c3ccc(N4CCC(C)CC4)nn3)cc2)c1. The molecule has 0 saturated carbocycles. The van der Waals surface area contributed by atoms with Crippen LogP contribution in [0.15, 0.2) is 54.6 Å². The number of amides is 1. The maximum atomic E-state index is 12.7. The Labute approximate surface area is 188 Å². The molecule has 0 aliphatic carbocycles. The highest BCUT2D eigenvalue weighted by Gasteiger charge is 2.17. The molecular formula is C25H28N4O3. The van der Waals surface area contributed by atoms with Crippen LogP contribution in [0.2, 0.25) is 0 Å². The molecule has 4 rings (SSSR count). The summed E-state index contributed by atoms with van der Waals surface area (Å²) in [5.74, 6) is 2.59. The van der Waals surface area contributed by atoms with E-state index >= 15 is 0 Å². The van der Waals surface area contributed by atoms with Crippen LogP contribution in [0.25, 0.3) is 11.3 Å². The molecule has 7 heteroatoms. The van der Waals surface area contributed by atoms with Crippen LogP contribution in [0.3, 0.4) is 0 Å². The molecule has 0 spiro atoms. The van der Waals surface area contributed by atoms with E-state index in [1.54, 1.807) is 32.4 Å². The van der Waals surface area contributed by atoms with Crippen LogP contribution in [-0.2, 0) is 0 Å². The Kier molecular flexibility index (Phi) is 6.54. The van der Waals surface area contributed by atoms with E-state index in [1.807, 2.05) is 36.4 Å². The number of carbonyl (C=O) groups excluding carboxylic acids is 1. The molecule has 32 heavy (non-hydrogen) atoms. The normalized spacial score (nSPS) is 14.2. The zero-order chi connectivity index (χ0) is 22.5. The quantitative estimate of drug-likeness (QED) is 0.611. The number of hydrogen-bond donors (Lipinski definition) is 1. The van der Waals surface area contributed by atoms with Crippen LogP contribution in [-0.4, -0.2) is 43.4 Å². The Morgan fingerprint density at radius 3 is 2.16 bits per heavy atom. The van der Waals surface area contributed by atoms with Crippen LogP contribution >= 0.6 is 0 Å². The molecule has 3 aromatic rings. The molecule has 1 saturated heterocycles. The number of anilines is 2. The van der Waals surface area contributed by atoms with Gasteiger partial charge in [0.2, 0.25) is 0 Å². The second-order valence-electron chi connectivity index (χ2n) is 8.08. The minimum atomic E-state index is -0.241. The van der Waals surface area contributed by atoms with Gasteiger partial charge in [-0.25, -0.2) is 0 Å². The fourth-order valence-corrected chi connectivity index (χ4v) is 3.75. The predicted octanol–water partition coefficient (Wildman–Crippen LogP) is 4.65. The highest BCUT2D eigenvalue weighted by atomic mass is 16.5. The summed E-state index contributed by atoms with van der Waals surface area (Å²) in [7, 11) is 3.11. The summed E-state index contributed by atoms with van der Waals surface area (Å²) in [4.78, 5) is 15.0. The van der Waals surface area contributed by atoms with E-state index in [0.29, 0.717) is 22.7 Å². The zero-order valence-electron chi connectivity index (χ0n) is 18.7. The topological polar surface area (TPSA) is 76.6 Å². The largest absolute Gasteiger partial charge is 0.497 e. The summed E-state index contributed by atoms with van der Waals surface area (Å²) in [5, 5.41) is 11.7. The number of hydrogen-bond acceptors (Lipinski definition) is 6. The minimum Gasteiger partial charge on any atom is -0.497 e. The predicted molar refractivity (Wildman–Crippen MR) is 126 cm³/mol. The van der Waals surface area contributed by atoms with Crippen molar-refractivity contribution < 1.29 is 14.3 Å². The Bertz CT molecular complexity index is 1040. The molecule has 2 heterocycles. The first-order chi connectivity index (χ1) is 15.6. The van der Waals surface area contributed by atoms with Gasteiger partial charge in [-0.2, -0.15) is 0 Å². The standard InChI is InChI=1S/C25H28N4O3/c1-17-10-12-29(13-11-17)24-9-8-23(27-28-24)18-4-6-20(7-5-18)26-25(30)19-14-21(31-2)16-22(15-19)32-3/h4-9,14-17H,10-13H2,1-3H3,(H,26,30). The number of rotatable bonds is 6. The lowest BCUT2D eigenvalue weighted by atomic mass is 9.99. The van der Waals surface area contributed by atoms with E-state index in [2.05, 4.69) is 27.3 Å². The molecule has 166 valence electrons. The second-order valence-corrected chi connectivity index (χ2v) is 8.08. The van der Waals surface area contributed by atoms with Gasteiger partial charge >= 0.3 is 0 Å². The van der Waals surface area contributed by atoms with Crippen molar-refractivity contribution in [3.8, 4) is 22.8 Å². The zero-order valence-corrected chi connectivity index (χ0v) is 18.7. The maximum absolute atomic E-state index is 12.7. The molecule has 0 unspecified atom stereocenters. The third kappa shape index (κ3) is 4.99. The van der Waals surface area contributed by atoms with Crippen molar-refractivity contribution in [2.75, 3.05) is 37.5 Å². The summed E-state index contributed by atoms with van der Waals surface area (Å²) in [6.07, 6.45) is 2.39. The number of benzene rings is 2. The van der Waals surface area contributed by atoms with Crippen molar-refractivity contribution in [1.82, 2.24) is 10.2 Å². The lowest BCUT2D eigenvalue weighted by molar-refractivity contribution is 0.102. The monoisotopic (exact) mass is 432 g/mol. The van der Waals surface area contributed by atoms with Crippen molar-refractivity contribution in [2.45, 2.75) is 19.8 Å². The number of methoxy groups -OCH3 is 2. The number of nitrogens with one attached hydrogen (secondary N) is 1. The van der Waals surface area contributed by atoms with Crippen molar-refractivity contribution >= 4 is 17.4 Å². The Balaban J connectivity index is 1.42. The van der Waals surface area contributed by atoms with Crippen molar-refractivity contribution in [3.05, 3.63) is 60.2 Å². The van der Waals surface area contributed by atoms with Gasteiger partial charge in [-0.05, 0) is 55.2 Å². The summed E-state index contributed by atoms with van der Waals surface area (Å²) >= 11 is 0. The van der Waals surface area contributed by atoms with Crippen molar-refractivity contribution in [2.24, 2.45) is 5.92 Å². The fourth-order valence-electron chi connectivity index (χ4n) is 3.75. The van der Waals surface area contributed by atoms with Crippen LogP contribution in [0.5, 0.6) is 11.5 Å².